The maximum absolute atomic E-state index is 11.1. The fraction of sp³-hybridized carbons (Fsp3) is 0.467. The molecule has 1 N–H and O–H groups in total. The van der Waals surface area contributed by atoms with E-state index in [1.54, 1.807) is 25.3 Å². The summed E-state index contributed by atoms with van der Waals surface area (Å²) in [5.74, 6) is 0.0633. The maximum atomic E-state index is 11.1. The van der Waals surface area contributed by atoms with Crippen molar-refractivity contribution in [2.24, 2.45) is 0 Å². The summed E-state index contributed by atoms with van der Waals surface area (Å²) in [6.07, 6.45) is 1.68. The van der Waals surface area contributed by atoms with Crippen LogP contribution in [-0.2, 0) is 11.2 Å². The number of hydrogen-bond acceptors (Lipinski definition) is 3. The molecule has 2 aromatic rings. The van der Waals surface area contributed by atoms with Gasteiger partial charge in [-0.25, -0.2) is 9.78 Å². The zero-order chi connectivity index (χ0) is 14.7. The van der Waals surface area contributed by atoms with Gasteiger partial charge in [0.05, 0.1) is 16.6 Å². The third-order valence-electron chi connectivity index (χ3n) is 3.51. The second kappa shape index (κ2) is 6.05. The van der Waals surface area contributed by atoms with Gasteiger partial charge in [-0.3, -0.25) is 0 Å². The molecular weight excluding hydrogens is 256 g/mol. The molecule has 0 aliphatic carbocycles. The molecule has 108 valence electrons. The number of hydrogen-bond donors (Lipinski definition) is 1. The lowest BCUT2D eigenvalue weighted by molar-refractivity contribution is 0.0697. The van der Waals surface area contributed by atoms with E-state index in [-0.39, 0.29) is 6.04 Å². The molecule has 1 heterocycles. The van der Waals surface area contributed by atoms with E-state index in [4.69, 9.17) is 9.84 Å². The first-order valence-corrected chi connectivity index (χ1v) is 6.81. The predicted octanol–water partition coefficient (Wildman–Crippen LogP) is 2.89. The van der Waals surface area contributed by atoms with Gasteiger partial charge in [0.1, 0.15) is 5.82 Å². The number of aromatic nitrogens is 2. The van der Waals surface area contributed by atoms with Gasteiger partial charge in [0.2, 0.25) is 0 Å². The van der Waals surface area contributed by atoms with Crippen LogP contribution in [0.3, 0.4) is 0 Å². The lowest BCUT2D eigenvalue weighted by Gasteiger charge is -2.17. The quantitative estimate of drug-likeness (QED) is 0.881. The van der Waals surface area contributed by atoms with Gasteiger partial charge in [-0.05, 0) is 31.5 Å². The zero-order valence-corrected chi connectivity index (χ0v) is 12.1. The maximum Gasteiger partial charge on any atom is 0.335 e. The standard InChI is InChI=1S/C15H20N2O3/c1-4-14-16-12-6-5-11(15(18)19)9-13(12)17(14)10(2)7-8-20-3/h5-6,9-10H,4,7-8H2,1-3H3,(H,18,19). The number of methoxy groups -OCH3 is 1. The summed E-state index contributed by atoms with van der Waals surface area (Å²) in [6.45, 7) is 4.83. The normalized spacial score (nSPS) is 12.8. The van der Waals surface area contributed by atoms with Crippen LogP contribution < -0.4 is 0 Å². The Hall–Kier alpha value is -1.88. The van der Waals surface area contributed by atoms with Crippen LogP contribution in [0.5, 0.6) is 0 Å². The van der Waals surface area contributed by atoms with Crippen molar-refractivity contribution in [2.45, 2.75) is 32.7 Å². The SMILES string of the molecule is CCc1nc2ccc(C(=O)O)cc2n1C(C)CCOC. The van der Waals surface area contributed by atoms with Gasteiger partial charge < -0.3 is 14.4 Å². The average Bonchev–Trinajstić information content (AvgIpc) is 2.82. The molecule has 20 heavy (non-hydrogen) atoms. The number of carbonyl (C=O) groups is 1. The smallest absolute Gasteiger partial charge is 0.335 e. The van der Waals surface area contributed by atoms with E-state index in [2.05, 4.69) is 23.4 Å². The first-order valence-electron chi connectivity index (χ1n) is 6.81. The van der Waals surface area contributed by atoms with E-state index in [0.29, 0.717) is 12.2 Å². The van der Waals surface area contributed by atoms with Crippen molar-refractivity contribution in [3.05, 3.63) is 29.6 Å². The highest BCUT2D eigenvalue weighted by molar-refractivity contribution is 5.92. The Morgan fingerprint density at radius 1 is 1.50 bits per heavy atom. The molecule has 0 radical (unpaired) electrons. The van der Waals surface area contributed by atoms with Gasteiger partial charge in [0.15, 0.2) is 0 Å². The molecule has 1 atom stereocenters. The highest BCUT2D eigenvalue weighted by Crippen LogP contribution is 2.24. The summed E-state index contributed by atoms with van der Waals surface area (Å²) in [6, 6.07) is 5.30. The van der Waals surface area contributed by atoms with Crippen LogP contribution >= 0.6 is 0 Å². The van der Waals surface area contributed by atoms with E-state index < -0.39 is 5.97 Å². The molecule has 0 amide bonds. The van der Waals surface area contributed by atoms with Gasteiger partial charge in [-0.15, -0.1) is 0 Å². The second-order valence-electron chi connectivity index (χ2n) is 4.89. The second-order valence-corrected chi connectivity index (χ2v) is 4.89. The first-order chi connectivity index (χ1) is 9.58. The van der Waals surface area contributed by atoms with Crippen molar-refractivity contribution in [2.75, 3.05) is 13.7 Å². The molecule has 5 nitrogen and oxygen atoms in total. The molecule has 0 bridgehead atoms. The molecule has 1 unspecified atom stereocenters. The topological polar surface area (TPSA) is 64.3 Å². The van der Waals surface area contributed by atoms with Crippen LogP contribution in [0.25, 0.3) is 11.0 Å². The van der Waals surface area contributed by atoms with Crippen molar-refractivity contribution in [3.63, 3.8) is 0 Å². The number of nitrogens with zero attached hydrogens (tertiary/aromatic N) is 2. The number of aromatic carboxylic acids is 1. The summed E-state index contributed by atoms with van der Waals surface area (Å²) in [5.41, 5.74) is 2.02. The number of rotatable bonds is 6. The van der Waals surface area contributed by atoms with Crippen LogP contribution in [0.4, 0.5) is 0 Å². The Balaban J connectivity index is 2.53. The lowest BCUT2D eigenvalue weighted by atomic mass is 10.1. The highest BCUT2D eigenvalue weighted by Gasteiger charge is 2.16. The summed E-state index contributed by atoms with van der Waals surface area (Å²) < 4.78 is 7.26. The fourth-order valence-electron chi connectivity index (χ4n) is 2.43. The number of aryl methyl sites for hydroxylation is 1. The third kappa shape index (κ3) is 2.67. The Morgan fingerprint density at radius 2 is 2.25 bits per heavy atom. The summed E-state index contributed by atoms with van der Waals surface area (Å²) >= 11 is 0. The molecule has 0 fully saturated rings. The van der Waals surface area contributed by atoms with Crippen LogP contribution in [0.1, 0.15) is 42.5 Å². The summed E-state index contributed by atoms with van der Waals surface area (Å²) in [7, 11) is 1.68. The highest BCUT2D eigenvalue weighted by atomic mass is 16.5. The molecule has 1 aromatic heterocycles. The molecular formula is C15H20N2O3. The molecule has 2 rings (SSSR count). The largest absolute Gasteiger partial charge is 0.478 e. The van der Waals surface area contributed by atoms with Crippen LogP contribution in [0.15, 0.2) is 18.2 Å². The van der Waals surface area contributed by atoms with Gasteiger partial charge in [-0.1, -0.05) is 6.92 Å². The molecule has 1 aromatic carbocycles. The van der Waals surface area contributed by atoms with E-state index >= 15 is 0 Å². The molecule has 0 saturated carbocycles. The zero-order valence-electron chi connectivity index (χ0n) is 12.1. The van der Waals surface area contributed by atoms with Crippen molar-refractivity contribution < 1.29 is 14.6 Å². The van der Waals surface area contributed by atoms with E-state index in [1.807, 2.05) is 0 Å². The monoisotopic (exact) mass is 276 g/mol. The fourth-order valence-corrected chi connectivity index (χ4v) is 2.43. The molecule has 0 aliphatic rings. The van der Waals surface area contributed by atoms with Gasteiger partial charge in [-0.2, -0.15) is 0 Å². The first kappa shape index (κ1) is 14.5. The Morgan fingerprint density at radius 3 is 2.85 bits per heavy atom. The van der Waals surface area contributed by atoms with E-state index in [1.165, 1.54) is 0 Å². The predicted molar refractivity (Wildman–Crippen MR) is 77.3 cm³/mol. The molecule has 5 heteroatoms. The minimum Gasteiger partial charge on any atom is -0.478 e. The van der Waals surface area contributed by atoms with Gasteiger partial charge in [0, 0.05) is 26.2 Å². The minimum absolute atomic E-state index is 0.221. The third-order valence-corrected chi connectivity index (χ3v) is 3.51. The summed E-state index contributed by atoms with van der Waals surface area (Å²) in [4.78, 5) is 15.7. The number of benzene rings is 1. The van der Waals surface area contributed by atoms with Crippen LogP contribution in [0.2, 0.25) is 0 Å². The van der Waals surface area contributed by atoms with Crippen molar-refractivity contribution in [3.8, 4) is 0 Å². The number of ether oxygens (including phenoxy) is 1. The molecule has 0 saturated heterocycles. The number of fused-ring (bicyclic) bond motifs is 1. The lowest BCUT2D eigenvalue weighted by Crippen LogP contribution is -2.11. The Labute approximate surface area is 118 Å². The van der Waals surface area contributed by atoms with Gasteiger partial charge >= 0.3 is 5.97 Å². The number of carboxylic acids is 1. The van der Waals surface area contributed by atoms with E-state index in [0.717, 1.165) is 29.7 Å². The average molecular weight is 276 g/mol. The van der Waals surface area contributed by atoms with Gasteiger partial charge in [0.25, 0.3) is 0 Å². The van der Waals surface area contributed by atoms with E-state index in [9.17, 15) is 4.79 Å². The molecule has 0 spiro atoms. The molecule has 0 aliphatic heterocycles. The van der Waals surface area contributed by atoms with Crippen LogP contribution in [-0.4, -0.2) is 34.3 Å². The van der Waals surface area contributed by atoms with Crippen molar-refractivity contribution >= 4 is 17.0 Å². The number of imidazole rings is 1. The minimum atomic E-state index is -0.915. The van der Waals surface area contributed by atoms with Crippen LogP contribution in [0, 0.1) is 0 Å². The Bertz CT molecular complexity index is 619. The van der Waals surface area contributed by atoms with Crippen molar-refractivity contribution in [1.29, 1.82) is 0 Å². The summed E-state index contributed by atoms with van der Waals surface area (Å²) in [5, 5.41) is 9.13. The number of carboxylic acid groups (broad SMARTS) is 1. The van der Waals surface area contributed by atoms with Crippen molar-refractivity contribution in [1.82, 2.24) is 9.55 Å². The Kier molecular flexibility index (Phi) is 4.39.